The molecule has 2 unspecified atom stereocenters. The predicted molar refractivity (Wildman–Crippen MR) is 74.3 cm³/mol. The van der Waals surface area contributed by atoms with Crippen LogP contribution in [0, 0.1) is 0 Å². The van der Waals surface area contributed by atoms with E-state index in [0.717, 1.165) is 5.75 Å². The van der Waals surface area contributed by atoms with Crippen molar-refractivity contribution in [1.29, 1.82) is 0 Å². The predicted octanol–water partition coefficient (Wildman–Crippen LogP) is 2.33. The maximum Gasteiger partial charge on any atom is 0.124 e. The van der Waals surface area contributed by atoms with Crippen LogP contribution in [-0.4, -0.2) is 30.3 Å². The van der Waals surface area contributed by atoms with Gasteiger partial charge in [-0.05, 0) is 17.7 Å². The Morgan fingerprint density at radius 2 is 2.10 bits per heavy atom. The van der Waals surface area contributed by atoms with Crippen molar-refractivity contribution in [2.45, 2.75) is 11.5 Å². The van der Waals surface area contributed by atoms with E-state index in [4.69, 9.17) is 9.57 Å². The summed E-state index contributed by atoms with van der Waals surface area (Å²) in [6, 6.07) is 12.4. The Labute approximate surface area is 117 Å². The van der Waals surface area contributed by atoms with Crippen molar-refractivity contribution in [2.75, 3.05) is 20.3 Å². The molecule has 1 saturated heterocycles. The standard InChI is InChI=1S/C16H16N2O2/c1-18-15-13-6-2-3-7-14(13)19-10-16(15,11-20-18)12-5-4-8-17-9-12/h2-9,15H,10-11H2,1H3. The number of rotatable bonds is 1. The Kier molecular flexibility index (Phi) is 2.55. The highest BCUT2D eigenvalue weighted by atomic mass is 16.7. The fourth-order valence-corrected chi connectivity index (χ4v) is 3.36. The zero-order valence-corrected chi connectivity index (χ0v) is 11.3. The summed E-state index contributed by atoms with van der Waals surface area (Å²) in [5.41, 5.74) is 2.17. The van der Waals surface area contributed by atoms with Gasteiger partial charge in [0.1, 0.15) is 12.4 Å². The molecule has 2 aliphatic heterocycles. The molecular formula is C16H16N2O2. The number of fused-ring (bicyclic) bond motifs is 3. The van der Waals surface area contributed by atoms with Crippen molar-refractivity contribution in [3.8, 4) is 5.75 Å². The first-order valence-corrected chi connectivity index (χ1v) is 6.79. The zero-order valence-electron chi connectivity index (χ0n) is 11.3. The van der Waals surface area contributed by atoms with Crippen molar-refractivity contribution in [3.63, 3.8) is 0 Å². The van der Waals surface area contributed by atoms with Gasteiger partial charge in [-0.3, -0.25) is 9.82 Å². The van der Waals surface area contributed by atoms with Crippen LogP contribution in [0.2, 0.25) is 0 Å². The van der Waals surface area contributed by atoms with E-state index in [9.17, 15) is 0 Å². The molecule has 2 atom stereocenters. The fraction of sp³-hybridized carbons (Fsp3) is 0.312. The molecule has 3 heterocycles. The first-order chi connectivity index (χ1) is 9.81. The fourth-order valence-electron chi connectivity index (χ4n) is 3.36. The number of para-hydroxylation sites is 1. The molecule has 0 aliphatic carbocycles. The average Bonchev–Trinajstić information content (AvgIpc) is 2.87. The highest BCUT2D eigenvalue weighted by Gasteiger charge is 2.53. The van der Waals surface area contributed by atoms with Crippen molar-refractivity contribution >= 4 is 0 Å². The van der Waals surface area contributed by atoms with Crippen molar-refractivity contribution < 1.29 is 9.57 Å². The minimum Gasteiger partial charge on any atom is -0.492 e. The molecule has 0 saturated carbocycles. The molecule has 0 spiro atoms. The molecule has 2 aliphatic rings. The number of hydrogen-bond donors (Lipinski definition) is 0. The lowest BCUT2D eigenvalue weighted by Gasteiger charge is -2.39. The lowest BCUT2D eigenvalue weighted by molar-refractivity contribution is -0.111. The van der Waals surface area contributed by atoms with Gasteiger partial charge in [-0.1, -0.05) is 24.3 Å². The third kappa shape index (κ3) is 1.52. The average molecular weight is 268 g/mol. The van der Waals surface area contributed by atoms with Gasteiger partial charge in [-0.25, -0.2) is 0 Å². The van der Waals surface area contributed by atoms with Gasteiger partial charge >= 0.3 is 0 Å². The Hall–Kier alpha value is -1.91. The van der Waals surface area contributed by atoms with Gasteiger partial charge in [0, 0.05) is 25.0 Å². The summed E-state index contributed by atoms with van der Waals surface area (Å²) in [5.74, 6) is 0.953. The maximum atomic E-state index is 6.01. The molecule has 0 N–H and O–H groups in total. The van der Waals surface area contributed by atoms with Gasteiger partial charge in [0.15, 0.2) is 0 Å². The number of hydroxylamine groups is 2. The smallest absolute Gasteiger partial charge is 0.124 e. The first-order valence-electron chi connectivity index (χ1n) is 6.79. The number of pyridine rings is 1. The second kappa shape index (κ2) is 4.30. The highest BCUT2D eigenvalue weighted by Crippen LogP contribution is 2.51. The van der Waals surface area contributed by atoms with E-state index in [2.05, 4.69) is 17.1 Å². The van der Waals surface area contributed by atoms with Gasteiger partial charge in [-0.2, -0.15) is 5.06 Å². The van der Waals surface area contributed by atoms with Gasteiger partial charge in [-0.15, -0.1) is 0 Å². The molecule has 1 aromatic heterocycles. The normalized spacial score (nSPS) is 28.6. The van der Waals surface area contributed by atoms with E-state index in [0.29, 0.717) is 13.2 Å². The van der Waals surface area contributed by atoms with E-state index in [1.54, 1.807) is 6.20 Å². The number of hydrogen-bond acceptors (Lipinski definition) is 4. The number of nitrogens with zero attached hydrogens (tertiary/aromatic N) is 2. The van der Waals surface area contributed by atoms with Gasteiger partial charge in [0.25, 0.3) is 0 Å². The van der Waals surface area contributed by atoms with Crippen LogP contribution in [0.5, 0.6) is 5.75 Å². The van der Waals surface area contributed by atoms with E-state index in [1.807, 2.05) is 42.6 Å². The number of likely N-dealkylation sites (N-methyl/N-ethyl adjacent to an activating group) is 1. The zero-order chi connectivity index (χ0) is 13.6. The topological polar surface area (TPSA) is 34.6 Å². The molecule has 4 rings (SSSR count). The van der Waals surface area contributed by atoms with E-state index >= 15 is 0 Å². The molecule has 2 aromatic rings. The third-order valence-corrected chi connectivity index (χ3v) is 4.35. The summed E-state index contributed by atoms with van der Waals surface area (Å²) in [6.45, 7) is 1.24. The SMILES string of the molecule is CN1OCC2(c3cccnc3)COc3ccccc3C12. The number of benzene rings is 1. The van der Waals surface area contributed by atoms with Gasteiger partial charge in [0.05, 0.1) is 18.1 Å². The molecule has 20 heavy (non-hydrogen) atoms. The lowest BCUT2D eigenvalue weighted by Crippen LogP contribution is -2.44. The summed E-state index contributed by atoms with van der Waals surface area (Å²) in [7, 11) is 1.99. The third-order valence-electron chi connectivity index (χ3n) is 4.35. The van der Waals surface area contributed by atoms with Crippen molar-refractivity contribution in [3.05, 3.63) is 59.9 Å². The molecule has 102 valence electrons. The summed E-state index contributed by atoms with van der Waals surface area (Å²) in [6.07, 6.45) is 3.72. The minimum absolute atomic E-state index is 0.164. The van der Waals surface area contributed by atoms with E-state index in [-0.39, 0.29) is 11.5 Å². The molecule has 0 bridgehead atoms. The lowest BCUT2D eigenvalue weighted by atomic mass is 9.72. The molecule has 0 amide bonds. The molecule has 1 aromatic carbocycles. The Morgan fingerprint density at radius 1 is 1.20 bits per heavy atom. The largest absolute Gasteiger partial charge is 0.492 e. The highest BCUT2D eigenvalue weighted by molar-refractivity contribution is 5.44. The molecule has 4 nitrogen and oxygen atoms in total. The second-order valence-corrected chi connectivity index (χ2v) is 5.45. The van der Waals surface area contributed by atoms with Crippen LogP contribution in [0.1, 0.15) is 17.2 Å². The Morgan fingerprint density at radius 3 is 2.95 bits per heavy atom. The summed E-state index contributed by atoms with van der Waals surface area (Å²) < 4.78 is 6.01. The number of ether oxygens (including phenoxy) is 1. The van der Waals surface area contributed by atoms with Gasteiger partial charge in [0.2, 0.25) is 0 Å². The quantitative estimate of drug-likeness (QED) is 0.795. The maximum absolute atomic E-state index is 6.01. The summed E-state index contributed by atoms with van der Waals surface area (Å²) >= 11 is 0. The number of aromatic nitrogens is 1. The minimum atomic E-state index is -0.183. The van der Waals surface area contributed by atoms with Gasteiger partial charge < -0.3 is 4.74 Å². The first kappa shape index (κ1) is 11.9. The van der Waals surface area contributed by atoms with Crippen LogP contribution in [0.4, 0.5) is 0 Å². The van der Waals surface area contributed by atoms with Crippen LogP contribution in [0.25, 0.3) is 0 Å². The van der Waals surface area contributed by atoms with E-state index in [1.165, 1.54) is 11.1 Å². The summed E-state index contributed by atoms with van der Waals surface area (Å²) in [4.78, 5) is 10.1. The molecular weight excluding hydrogens is 252 g/mol. The Bertz CT molecular complexity index is 631. The molecule has 1 fully saturated rings. The van der Waals surface area contributed by atoms with E-state index < -0.39 is 0 Å². The molecule has 4 heteroatoms. The van der Waals surface area contributed by atoms with Crippen molar-refractivity contribution in [1.82, 2.24) is 10.0 Å². The van der Waals surface area contributed by atoms with Crippen LogP contribution in [0.15, 0.2) is 48.8 Å². The second-order valence-electron chi connectivity index (χ2n) is 5.45. The van der Waals surface area contributed by atoms with Crippen LogP contribution >= 0.6 is 0 Å². The monoisotopic (exact) mass is 268 g/mol. The van der Waals surface area contributed by atoms with Crippen LogP contribution in [0.3, 0.4) is 0 Å². The molecule has 0 radical (unpaired) electrons. The van der Waals surface area contributed by atoms with Crippen LogP contribution < -0.4 is 4.74 Å². The van der Waals surface area contributed by atoms with Crippen LogP contribution in [-0.2, 0) is 10.3 Å². The Balaban J connectivity index is 1.89. The summed E-state index contributed by atoms with van der Waals surface area (Å²) in [5, 5.41) is 1.95. The van der Waals surface area contributed by atoms with Crippen molar-refractivity contribution in [2.24, 2.45) is 0 Å².